The van der Waals surface area contributed by atoms with Gasteiger partial charge < -0.3 is 40.2 Å². The highest BCUT2D eigenvalue weighted by molar-refractivity contribution is 5.82. The topological polar surface area (TPSA) is 137 Å². The molecule has 0 aromatic carbocycles. The van der Waals surface area contributed by atoms with Crippen molar-refractivity contribution in [2.24, 2.45) is 5.92 Å². The minimum Gasteiger partial charge on any atom is -0.392 e. The molecule has 2 aliphatic heterocycles. The number of carbonyl (C=O) groups is 2. The molecule has 0 radical (unpaired) electrons. The average molecular weight is 388 g/mol. The summed E-state index contributed by atoms with van der Waals surface area (Å²) in [4.78, 5) is 23.1. The predicted molar refractivity (Wildman–Crippen MR) is 95.7 cm³/mol. The van der Waals surface area contributed by atoms with Gasteiger partial charge in [-0.05, 0) is 26.2 Å². The Balaban J connectivity index is 1.79. The molecule has 5 N–H and O–H groups in total. The van der Waals surface area contributed by atoms with Crippen molar-refractivity contribution in [2.75, 3.05) is 19.7 Å². The largest absolute Gasteiger partial charge is 0.392 e. The number of aliphatic hydroxyl groups excluding tert-OH is 3. The second-order valence-electron chi connectivity index (χ2n) is 7.51. The second-order valence-corrected chi connectivity index (χ2v) is 7.51. The van der Waals surface area contributed by atoms with Gasteiger partial charge in [-0.3, -0.25) is 4.79 Å². The number of Topliss-reactive ketones (excluding diaryl/α,β-unsaturated/α-hetero) is 1. The van der Waals surface area contributed by atoms with Gasteiger partial charge in [0.05, 0.1) is 18.2 Å². The molecule has 0 bridgehead atoms. The van der Waals surface area contributed by atoms with Crippen molar-refractivity contribution in [1.82, 2.24) is 10.6 Å². The zero-order chi connectivity index (χ0) is 20.0. The Morgan fingerprint density at radius 2 is 1.96 bits per heavy atom. The molecular weight excluding hydrogens is 356 g/mol. The summed E-state index contributed by atoms with van der Waals surface area (Å²) >= 11 is 0. The zero-order valence-electron chi connectivity index (χ0n) is 16.0. The van der Waals surface area contributed by atoms with Crippen molar-refractivity contribution in [3.05, 3.63) is 0 Å². The van der Waals surface area contributed by atoms with Gasteiger partial charge in [0.1, 0.15) is 18.0 Å². The normalized spacial score (nSPS) is 36.6. The first-order valence-electron chi connectivity index (χ1n) is 9.61. The van der Waals surface area contributed by atoms with Crippen LogP contribution in [0, 0.1) is 5.92 Å². The Labute approximate surface area is 159 Å². The van der Waals surface area contributed by atoms with E-state index < -0.39 is 42.7 Å². The summed E-state index contributed by atoms with van der Waals surface area (Å²) in [5.74, 6) is -0.570. The standard InChI is InChI=1S/C18H32N2O7/c1-10(21)5-3-4-6-26-18-11(2)15(23)16(24)14(27-18)9-20-17(25)13-7-12(22)8-19-13/h11-16,18-19,22-24H,3-9H2,1-2H3,(H,20,25). The molecule has 2 rings (SSSR count). The lowest BCUT2D eigenvalue weighted by Crippen LogP contribution is -2.58. The minimum atomic E-state index is -1.14. The molecule has 2 aliphatic rings. The smallest absolute Gasteiger partial charge is 0.237 e. The highest BCUT2D eigenvalue weighted by Crippen LogP contribution is 2.27. The maximum atomic E-state index is 12.1. The van der Waals surface area contributed by atoms with Gasteiger partial charge >= 0.3 is 0 Å². The molecule has 0 saturated carbocycles. The number of aliphatic hydroxyl groups is 3. The maximum Gasteiger partial charge on any atom is 0.237 e. The number of carbonyl (C=O) groups excluding carboxylic acids is 2. The first-order valence-corrected chi connectivity index (χ1v) is 9.61. The van der Waals surface area contributed by atoms with E-state index in [1.165, 1.54) is 0 Å². The van der Waals surface area contributed by atoms with Gasteiger partial charge in [-0.2, -0.15) is 0 Å². The van der Waals surface area contributed by atoms with E-state index in [9.17, 15) is 24.9 Å². The quantitative estimate of drug-likeness (QED) is 0.307. The van der Waals surface area contributed by atoms with E-state index >= 15 is 0 Å². The number of hydrogen-bond acceptors (Lipinski definition) is 8. The van der Waals surface area contributed by atoms with Crippen molar-refractivity contribution in [2.45, 2.75) is 76.3 Å². The Morgan fingerprint density at radius 1 is 1.22 bits per heavy atom. The van der Waals surface area contributed by atoms with E-state index in [0.717, 1.165) is 6.42 Å². The molecule has 27 heavy (non-hydrogen) atoms. The number of rotatable bonds is 9. The molecule has 0 aliphatic carbocycles. The number of unbranched alkanes of at least 4 members (excludes halogenated alkanes) is 1. The fourth-order valence-corrected chi connectivity index (χ4v) is 3.35. The van der Waals surface area contributed by atoms with Crippen LogP contribution in [-0.2, 0) is 19.1 Å². The summed E-state index contributed by atoms with van der Waals surface area (Å²) in [6, 6.07) is -0.474. The number of amides is 1. The molecule has 2 saturated heterocycles. The van der Waals surface area contributed by atoms with Crippen molar-refractivity contribution in [3.8, 4) is 0 Å². The third kappa shape index (κ3) is 6.48. The van der Waals surface area contributed by atoms with Crippen LogP contribution in [0.5, 0.6) is 0 Å². The molecule has 7 unspecified atom stereocenters. The summed E-state index contributed by atoms with van der Waals surface area (Å²) < 4.78 is 11.4. The monoisotopic (exact) mass is 388 g/mol. The summed E-state index contributed by atoms with van der Waals surface area (Å²) in [6.45, 7) is 4.06. The van der Waals surface area contributed by atoms with Gasteiger partial charge in [0.15, 0.2) is 6.29 Å². The van der Waals surface area contributed by atoms with E-state index in [1.54, 1.807) is 13.8 Å². The van der Waals surface area contributed by atoms with Gasteiger partial charge in [-0.15, -0.1) is 0 Å². The van der Waals surface area contributed by atoms with Crippen molar-refractivity contribution in [3.63, 3.8) is 0 Å². The first kappa shape index (κ1) is 22.2. The van der Waals surface area contributed by atoms with Gasteiger partial charge in [0.2, 0.25) is 5.91 Å². The molecule has 0 spiro atoms. The molecule has 2 heterocycles. The lowest BCUT2D eigenvalue weighted by atomic mass is 9.92. The minimum absolute atomic E-state index is 0.0300. The Hall–Kier alpha value is -1.10. The lowest BCUT2D eigenvalue weighted by molar-refractivity contribution is -0.275. The van der Waals surface area contributed by atoms with Crippen LogP contribution in [0.2, 0.25) is 0 Å². The summed E-state index contributed by atoms with van der Waals surface area (Å²) in [5, 5.41) is 35.6. The number of ketones is 1. The summed E-state index contributed by atoms with van der Waals surface area (Å²) in [7, 11) is 0. The number of β-amino-alcohol motifs (C(OH)–C–C–N with tert-alkyl or cyclic N) is 1. The first-order chi connectivity index (χ1) is 12.8. The third-order valence-electron chi connectivity index (χ3n) is 5.11. The fourth-order valence-electron chi connectivity index (χ4n) is 3.35. The average Bonchev–Trinajstić information content (AvgIpc) is 3.06. The van der Waals surface area contributed by atoms with Gasteiger partial charge in [0, 0.05) is 32.0 Å². The van der Waals surface area contributed by atoms with Crippen LogP contribution in [0.1, 0.15) is 39.5 Å². The number of nitrogens with one attached hydrogen (secondary N) is 2. The molecule has 0 aromatic rings. The molecule has 7 atom stereocenters. The molecule has 156 valence electrons. The Morgan fingerprint density at radius 3 is 2.59 bits per heavy atom. The Bertz CT molecular complexity index is 504. The van der Waals surface area contributed by atoms with Crippen LogP contribution in [0.25, 0.3) is 0 Å². The Kier molecular flexibility index (Phi) is 8.59. The van der Waals surface area contributed by atoms with Crippen LogP contribution in [0.4, 0.5) is 0 Å². The third-order valence-corrected chi connectivity index (χ3v) is 5.11. The maximum absolute atomic E-state index is 12.1. The second kappa shape index (κ2) is 10.4. The predicted octanol–water partition coefficient (Wildman–Crippen LogP) is -1.32. The summed E-state index contributed by atoms with van der Waals surface area (Å²) in [6.07, 6.45) is -1.95. The van der Waals surface area contributed by atoms with Crippen LogP contribution in [-0.4, -0.2) is 83.5 Å². The molecule has 9 heteroatoms. The molecular formula is C18H32N2O7. The number of hydrogen-bond donors (Lipinski definition) is 5. The van der Waals surface area contributed by atoms with E-state index in [1.807, 2.05) is 0 Å². The van der Waals surface area contributed by atoms with Gasteiger partial charge in [0.25, 0.3) is 0 Å². The van der Waals surface area contributed by atoms with E-state index in [4.69, 9.17) is 9.47 Å². The van der Waals surface area contributed by atoms with Crippen LogP contribution >= 0.6 is 0 Å². The van der Waals surface area contributed by atoms with Crippen molar-refractivity contribution < 1.29 is 34.4 Å². The molecule has 1 amide bonds. The van der Waals surface area contributed by atoms with Crippen LogP contribution in [0.3, 0.4) is 0 Å². The van der Waals surface area contributed by atoms with E-state index in [-0.39, 0.29) is 18.2 Å². The van der Waals surface area contributed by atoms with Crippen LogP contribution in [0.15, 0.2) is 0 Å². The van der Waals surface area contributed by atoms with Crippen LogP contribution < -0.4 is 10.6 Å². The molecule has 2 fully saturated rings. The van der Waals surface area contributed by atoms with E-state index in [0.29, 0.717) is 32.4 Å². The molecule has 9 nitrogen and oxygen atoms in total. The van der Waals surface area contributed by atoms with Gasteiger partial charge in [-0.1, -0.05) is 6.92 Å². The van der Waals surface area contributed by atoms with Crippen molar-refractivity contribution in [1.29, 1.82) is 0 Å². The van der Waals surface area contributed by atoms with Gasteiger partial charge in [-0.25, -0.2) is 0 Å². The number of ether oxygens (including phenoxy) is 2. The zero-order valence-corrected chi connectivity index (χ0v) is 16.0. The van der Waals surface area contributed by atoms with E-state index in [2.05, 4.69) is 10.6 Å². The highest BCUT2D eigenvalue weighted by atomic mass is 16.7. The fraction of sp³-hybridized carbons (Fsp3) is 0.889. The lowest BCUT2D eigenvalue weighted by Gasteiger charge is -2.41. The summed E-state index contributed by atoms with van der Waals surface area (Å²) in [5.41, 5.74) is 0. The van der Waals surface area contributed by atoms with Crippen molar-refractivity contribution >= 4 is 11.7 Å². The molecule has 0 aromatic heterocycles. The SMILES string of the molecule is CC(=O)CCCCOC1OC(CNC(=O)C2CC(O)CN2)C(O)C(O)C1C. The highest BCUT2D eigenvalue weighted by Gasteiger charge is 2.43.